The third kappa shape index (κ3) is 5.86. The van der Waals surface area contributed by atoms with Crippen LogP contribution in [0.2, 0.25) is 39.3 Å². The van der Waals surface area contributed by atoms with Crippen LogP contribution in [0.5, 0.6) is 0 Å². The summed E-state index contributed by atoms with van der Waals surface area (Å²) in [5, 5.41) is 1.67. The van der Waals surface area contributed by atoms with E-state index < -0.39 is 16.1 Å². The average Bonchev–Trinajstić information content (AvgIpc) is 2.96. The summed E-state index contributed by atoms with van der Waals surface area (Å²) in [6.07, 6.45) is 2.44. The van der Waals surface area contributed by atoms with Gasteiger partial charge in [0, 0.05) is 32.1 Å². The Morgan fingerprint density at radius 2 is 1.45 bits per heavy atom. The van der Waals surface area contributed by atoms with Crippen molar-refractivity contribution >= 4 is 22.2 Å². The maximum atomic E-state index is 3.87. The molecule has 0 aromatic heterocycles. The molecule has 2 aromatic rings. The molecule has 162 valence electrons. The zero-order valence-corrected chi connectivity index (χ0v) is 25.2. The van der Waals surface area contributed by atoms with E-state index in [-0.39, 0.29) is 26.2 Å². The first-order valence-electron chi connectivity index (χ1n) is 11.1. The minimum absolute atomic E-state index is 0. The van der Waals surface area contributed by atoms with Crippen LogP contribution in [0, 0.1) is 5.70 Å². The Morgan fingerprint density at radius 1 is 0.839 bits per heavy atom. The molecule has 0 bridgehead atoms. The number of hydrogen-bond donors (Lipinski definition) is 0. The van der Waals surface area contributed by atoms with E-state index in [1.54, 1.807) is 5.20 Å². The van der Waals surface area contributed by atoms with Gasteiger partial charge in [-0.15, -0.1) is 12.1 Å². The number of allylic oxidation sites excluding steroid dienone is 4. The molecule has 2 aromatic carbocycles. The normalized spacial score (nSPS) is 17.5. The molecule has 0 amide bonds. The fourth-order valence-corrected chi connectivity index (χ4v) is 8.75. The van der Waals surface area contributed by atoms with Crippen LogP contribution in [-0.2, 0) is 26.2 Å². The van der Waals surface area contributed by atoms with E-state index in [0.29, 0.717) is 5.92 Å². The van der Waals surface area contributed by atoms with Gasteiger partial charge in [0.05, 0.1) is 8.07 Å². The second-order valence-corrected chi connectivity index (χ2v) is 20.6. The molecule has 1 aliphatic carbocycles. The predicted molar refractivity (Wildman–Crippen MR) is 140 cm³/mol. The summed E-state index contributed by atoms with van der Waals surface area (Å²) in [5.74, 6) is 0.397. The summed E-state index contributed by atoms with van der Waals surface area (Å²) in [5.41, 5.74) is 13.7. The van der Waals surface area contributed by atoms with Crippen LogP contribution < -0.4 is 0 Å². The molecule has 0 heterocycles. The maximum Gasteiger partial charge on any atom is 0.0549 e. The summed E-state index contributed by atoms with van der Waals surface area (Å²) < 4.78 is 0. The van der Waals surface area contributed by atoms with Crippen molar-refractivity contribution in [1.29, 1.82) is 0 Å². The fraction of sp³-hybridized carbons (Fsp3) is 0.357. The van der Waals surface area contributed by atoms with Crippen molar-refractivity contribution in [3.05, 3.63) is 87.3 Å². The third-order valence-corrected chi connectivity index (χ3v) is 9.39. The maximum absolute atomic E-state index is 3.87. The molecule has 3 rings (SSSR count). The minimum atomic E-state index is -1.57. The van der Waals surface area contributed by atoms with E-state index in [0.717, 1.165) is 0 Å². The van der Waals surface area contributed by atoms with E-state index in [1.165, 1.54) is 39.0 Å². The Bertz CT molecular complexity index is 1030. The quantitative estimate of drug-likeness (QED) is 0.210. The summed E-state index contributed by atoms with van der Waals surface area (Å²) in [4.78, 5) is 0. The van der Waals surface area contributed by atoms with Crippen LogP contribution >= 0.6 is 0 Å². The zero-order chi connectivity index (χ0) is 22.3. The van der Waals surface area contributed by atoms with Crippen molar-refractivity contribution in [1.82, 2.24) is 0 Å². The zero-order valence-electron chi connectivity index (χ0n) is 20.8. The molecule has 0 radical (unpaired) electrons. The molecule has 3 heteroatoms. The van der Waals surface area contributed by atoms with Gasteiger partial charge in [0.1, 0.15) is 0 Å². The fourth-order valence-electron chi connectivity index (χ4n) is 4.88. The molecular formula is C28H37Si2Zr-. The molecule has 1 aliphatic rings. The number of hydrogen-bond acceptors (Lipinski definition) is 0. The number of benzene rings is 2. The first-order valence-corrected chi connectivity index (χ1v) is 18.1. The Morgan fingerprint density at radius 3 is 2.00 bits per heavy atom. The SMILES string of the molecule is CC(=[C-][Si](C)(C)C)C(C)=C(C1C(C)=Cc2c(-c3ccccc3)cccc21)[Si](C)(C)C.[Zr]. The molecular weight excluding hydrogens is 484 g/mol. The smallest absolute Gasteiger partial charge is 0.0549 e. The van der Waals surface area contributed by atoms with Crippen LogP contribution in [0.4, 0.5) is 0 Å². The van der Waals surface area contributed by atoms with Crippen molar-refractivity contribution in [2.45, 2.75) is 66.0 Å². The minimum Gasteiger partial charge on any atom is -0.276 e. The van der Waals surface area contributed by atoms with Crippen LogP contribution in [0.15, 0.2) is 70.4 Å². The van der Waals surface area contributed by atoms with Gasteiger partial charge < -0.3 is 0 Å². The van der Waals surface area contributed by atoms with E-state index >= 15 is 0 Å². The molecule has 0 nitrogen and oxygen atoms in total. The molecule has 0 fully saturated rings. The average molecular weight is 521 g/mol. The first kappa shape index (κ1) is 26.2. The van der Waals surface area contributed by atoms with Gasteiger partial charge in [-0.25, -0.2) is 5.57 Å². The van der Waals surface area contributed by atoms with Gasteiger partial charge in [0.2, 0.25) is 0 Å². The monoisotopic (exact) mass is 519 g/mol. The summed E-state index contributed by atoms with van der Waals surface area (Å²) >= 11 is 0. The molecule has 0 saturated carbocycles. The Kier molecular flexibility index (Phi) is 8.34. The van der Waals surface area contributed by atoms with Crippen LogP contribution in [0.3, 0.4) is 0 Å². The van der Waals surface area contributed by atoms with Crippen molar-refractivity contribution in [2.75, 3.05) is 0 Å². The van der Waals surface area contributed by atoms with Gasteiger partial charge in [-0.3, -0.25) is 5.70 Å². The van der Waals surface area contributed by atoms with Gasteiger partial charge in [-0.2, -0.15) is 5.57 Å². The van der Waals surface area contributed by atoms with Gasteiger partial charge >= 0.3 is 0 Å². The topological polar surface area (TPSA) is 0 Å². The molecule has 1 unspecified atom stereocenters. The van der Waals surface area contributed by atoms with E-state index in [1.807, 2.05) is 0 Å². The molecule has 0 aliphatic heterocycles. The largest absolute Gasteiger partial charge is 0.276 e. The van der Waals surface area contributed by atoms with Crippen molar-refractivity contribution in [3.63, 3.8) is 0 Å². The molecule has 1 atom stereocenters. The summed E-state index contributed by atoms with van der Waals surface area (Å²) in [6, 6.07) is 17.7. The van der Waals surface area contributed by atoms with Crippen molar-refractivity contribution in [3.8, 4) is 11.1 Å². The standard InChI is InChI=1S/C28H37Si2.Zr/c1-20-18-26-24(23-14-11-10-12-15-23)16-13-17-25(26)27(20)28(30(7,8)9)22(3)21(2)19-29(4,5)6;/h10-18,27H,1-9H3;/q-1;. The van der Waals surface area contributed by atoms with Crippen LogP contribution in [0.25, 0.3) is 17.2 Å². The Labute approximate surface area is 211 Å². The molecule has 0 spiro atoms. The number of rotatable bonds is 5. The summed E-state index contributed by atoms with van der Waals surface area (Å²) in [7, 11) is -2.96. The van der Waals surface area contributed by atoms with E-state index in [9.17, 15) is 0 Å². The Hall–Kier alpha value is -1.02. The van der Waals surface area contributed by atoms with Crippen LogP contribution in [-0.4, -0.2) is 16.1 Å². The van der Waals surface area contributed by atoms with Gasteiger partial charge in [0.25, 0.3) is 0 Å². The third-order valence-electron chi connectivity index (χ3n) is 5.99. The first-order chi connectivity index (χ1) is 13.9. The second kappa shape index (κ2) is 9.85. The molecule has 31 heavy (non-hydrogen) atoms. The summed E-state index contributed by atoms with van der Waals surface area (Å²) in [6.45, 7) is 21.6. The molecule has 0 saturated heterocycles. The van der Waals surface area contributed by atoms with E-state index in [4.69, 9.17) is 0 Å². The van der Waals surface area contributed by atoms with Crippen LogP contribution in [0.1, 0.15) is 37.8 Å². The molecule has 0 N–H and O–H groups in total. The second-order valence-electron chi connectivity index (χ2n) is 10.8. The Balaban J connectivity index is 0.00000341. The van der Waals surface area contributed by atoms with Gasteiger partial charge in [0.15, 0.2) is 0 Å². The number of fused-ring (bicyclic) bond motifs is 1. The predicted octanol–water partition coefficient (Wildman–Crippen LogP) is 8.67. The van der Waals surface area contributed by atoms with E-state index in [2.05, 4.69) is 120 Å². The van der Waals surface area contributed by atoms with Crippen molar-refractivity contribution in [2.24, 2.45) is 0 Å². The van der Waals surface area contributed by atoms with Gasteiger partial charge in [-0.05, 0) is 37.3 Å². The van der Waals surface area contributed by atoms with Crippen molar-refractivity contribution < 1.29 is 26.2 Å². The van der Waals surface area contributed by atoms with Gasteiger partial charge in [-0.1, -0.05) is 106 Å².